The molecule has 0 aromatic carbocycles. The van der Waals surface area contributed by atoms with Crippen LogP contribution < -0.4 is 5.73 Å². The van der Waals surface area contributed by atoms with E-state index in [4.69, 9.17) is 5.73 Å². The second-order valence-electron chi connectivity index (χ2n) is 3.20. The van der Waals surface area contributed by atoms with Gasteiger partial charge in [0.2, 0.25) is 0 Å². The largest absolute Gasteiger partial charge is 0.324 e. The normalized spacial score (nSPS) is 12.9. The molecular formula is C11H12N2S. The summed E-state index contributed by atoms with van der Waals surface area (Å²) in [5, 5.41) is 2.04. The van der Waals surface area contributed by atoms with Crippen molar-refractivity contribution in [2.24, 2.45) is 5.73 Å². The minimum Gasteiger partial charge on any atom is -0.324 e. The minimum absolute atomic E-state index is 0.0199. The molecule has 0 amide bonds. The Kier molecular flexibility index (Phi) is 2.61. The first-order chi connectivity index (χ1) is 6.81. The van der Waals surface area contributed by atoms with Crippen molar-refractivity contribution in [1.82, 2.24) is 4.98 Å². The van der Waals surface area contributed by atoms with Gasteiger partial charge in [0.1, 0.15) is 0 Å². The van der Waals surface area contributed by atoms with Crippen molar-refractivity contribution in [3.05, 3.63) is 41.9 Å². The molecule has 0 bridgehead atoms. The lowest BCUT2D eigenvalue weighted by atomic mass is 10.1. The first-order valence-corrected chi connectivity index (χ1v) is 5.39. The van der Waals surface area contributed by atoms with Gasteiger partial charge in [0.15, 0.2) is 0 Å². The zero-order valence-corrected chi connectivity index (χ0v) is 8.63. The molecule has 2 heterocycles. The number of thiophene rings is 1. The lowest BCUT2D eigenvalue weighted by Crippen LogP contribution is -2.08. The Labute approximate surface area is 87.1 Å². The van der Waals surface area contributed by atoms with E-state index in [2.05, 4.69) is 17.6 Å². The summed E-state index contributed by atoms with van der Waals surface area (Å²) in [5.74, 6) is 0. The van der Waals surface area contributed by atoms with Crippen LogP contribution in [0.2, 0.25) is 0 Å². The van der Waals surface area contributed by atoms with Crippen LogP contribution in [0.4, 0.5) is 0 Å². The number of nitrogens with two attached hydrogens (primary N) is 1. The molecule has 2 N–H and O–H groups in total. The molecule has 14 heavy (non-hydrogen) atoms. The van der Waals surface area contributed by atoms with Crippen molar-refractivity contribution in [1.29, 1.82) is 0 Å². The standard InChI is InChI=1S/C11H12N2S/c1-2-3-9(12)8-6-11-10(13-7-8)4-5-14-11/h2,4-7,9H,1,3,12H2. The first kappa shape index (κ1) is 9.37. The van der Waals surface area contributed by atoms with E-state index in [0.29, 0.717) is 0 Å². The fraction of sp³-hybridized carbons (Fsp3) is 0.182. The maximum absolute atomic E-state index is 5.96. The molecule has 0 saturated carbocycles. The minimum atomic E-state index is 0.0199. The van der Waals surface area contributed by atoms with Gasteiger partial charge in [-0.1, -0.05) is 6.08 Å². The van der Waals surface area contributed by atoms with Crippen LogP contribution in [0.3, 0.4) is 0 Å². The highest BCUT2D eigenvalue weighted by Crippen LogP contribution is 2.22. The number of hydrogen-bond acceptors (Lipinski definition) is 3. The van der Waals surface area contributed by atoms with Crippen molar-refractivity contribution in [3.63, 3.8) is 0 Å². The Bertz CT molecular complexity index is 447. The van der Waals surface area contributed by atoms with E-state index in [-0.39, 0.29) is 6.04 Å². The highest BCUT2D eigenvalue weighted by Gasteiger charge is 2.05. The number of pyridine rings is 1. The van der Waals surface area contributed by atoms with Crippen LogP contribution in [0.1, 0.15) is 18.0 Å². The molecule has 2 rings (SSSR count). The Morgan fingerprint density at radius 2 is 2.50 bits per heavy atom. The lowest BCUT2D eigenvalue weighted by Gasteiger charge is -2.08. The smallest absolute Gasteiger partial charge is 0.0809 e. The number of fused-ring (bicyclic) bond motifs is 1. The molecule has 0 aliphatic carbocycles. The van der Waals surface area contributed by atoms with Gasteiger partial charge < -0.3 is 5.73 Å². The average Bonchev–Trinajstić information content (AvgIpc) is 2.64. The predicted octanol–water partition coefficient (Wildman–Crippen LogP) is 2.87. The molecular weight excluding hydrogens is 192 g/mol. The second kappa shape index (κ2) is 3.90. The number of nitrogens with zero attached hydrogens (tertiary/aromatic N) is 1. The summed E-state index contributed by atoms with van der Waals surface area (Å²) in [6.07, 6.45) is 4.48. The molecule has 0 aliphatic heterocycles. The molecule has 72 valence electrons. The van der Waals surface area contributed by atoms with Gasteiger partial charge in [-0.15, -0.1) is 17.9 Å². The molecule has 0 fully saturated rings. The summed E-state index contributed by atoms with van der Waals surface area (Å²) >= 11 is 1.69. The second-order valence-corrected chi connectivity index (χ2v) is 4.15. The van der Waals surface area contributed by atoms with Gasteiger partial charge in [-0.05, 0) is 29.5 Å². The molecule has 0 spiro atoms. The van der Waals surface area contributed by atoms with E-state index in [0.717, 1.165) is 17.5 Å². The zero-order chi connectivity index (χ0) is 9.97. The number of rotatable bonds is 3. The van der Waals surface area contributed by atoms with Gasteiger partial charge >= 0.3 is 0 Å². The van der Waals surface area contributed by atoms with E-state index >= 15 is 0 Å². The molecule has 1 unspecified atom stereocenters. The highest BCUT2D eigenvalue weighted by molar-refractivity contribution is 7.17. The Morgan fingerprint density at radius 3 is 3.29 bits per heavy atom. The summed E-state index contributed by atoms with van der Waals surface area (Å²) in [5.41, 5.74) is 8.09. The van der Waals surface area contributed by atoms with Crippen molar-refractivity contribution < 1.29 is 0 Å². The Morgan fingerprint density at radius 1 is 1.64 bits per heavy atom. The van der Waals surface area contributed by atoms with Crippen LogP contribution >= 0.6 is 11.3 Å². The third kappa shape index (κ3) is 1.69. The summed E-state index contributed by atoms with van der Waals surface area (Å²) in [4.78, 5) is 4.34. The van der Waals surface area contributed by atoms with Crippen molar-refractivity contribution in [2.75, 3.05) is 0 Å². The molecule has 2 nitrogen and oxygen atoms in total. The molecule has 0 saturated heterocycles. The summed E-state index contributed by atoms with van der Waals surface area (Å²) in [7, 11) is 0. The van der Waals surface area contributed by atoms with Gasteiger partial charge in [-0.25, -0.2) is 0 Å². The van der Waals surface area contributed by atoms with Crippen LogP contribution in [0.5, 0.6) is 0 Å². The molecule has 0 radical (unpaired) electrons. The molecule has 3 heteroatoms. The summed E-state index contributed by atoms with van der Waals surface area (Å²) < 4.78 is 1.20. The van der Waals surface area contributed by atoms with Gasteiger partial charge in [-0.2, -0.15) is 0 Å². The third-order valence-electron chi connectivity index (χ3n) is 2.17. The van der Waals surface area contributed by atoms with Gasteiger partial charge in [0.25, 0.3) is 0 Å². The maximum Gasteiger partial charge on any atom is 0.0809 e. The summed E-state index contributed by atoms with van der Waals surface area (Å²) in [6.45, 7) is 3.68. The van der Waals surface area contributed by atoms with Crippen LogP contribution in [-0.4, -0.2) is 4.98 Å². The van der Waals surface area contributed by atoms with Crippen molar-refractivity contribution >= 4 is 21.6 Å². The quantitative estimate of drug-likeness (QED) is 0.781. The number of hydrogen-bond donors (Lipinski definition) is 1. The van der Waals surface area contributed by atoms with E-state index in [1.807, 2.05) is 23.7 Å². The van der Waals surface area contributed by atoms with E-state index in [1.165, 1.54) is 4.70 Å². The Balaban J connectivity index is 2.38. The molecule has 0 aliphatic rings. The predicted molar refractivity (Wildman–Crippen MR) is 61.4 cm³/mol. The fourth-order valence-corrected chi connectivity index (χ4v) is 2.17. The third-order valence-corrected chi connectivity index (χ3v) is 3.03. The highest BCUT2D eigenvalue weighted by atomic mass is 32.1. The van der Waals surface area contributed by atoms with Crippen molar-refractivity contribution in [3.8, 4) is 0 Å². The molecule has 2 aromatic heterocycles. The fourth-order valence-electron chi connectivity index (χ4n) is 1.38. The van der Waals surface area contributed by atoms with Crippen molar-refractivity contribution in [2.45, 2.75) is 12.5 Å². The summed E-state index contributed by atoms with van der Waals surface area (Å²) in [6, 6.07) is 4.15. The maximum atomic E-state index is 5.96. The monoisotopic (exact) mass is 204 g/mol. The van der Waals surface area contributed by atoms with E-state index in [9.17, 15) is 0 Å². The van der Waals surface area contributed by atoms with Gasteiger partial charge in [0.05, 0.1) is 10.2 Å². The van der Waals surface area contributed by atoms with Crippen LogP contribution in [-0.2, 0) is 0 Å². The van der Waals surface area contributed by atoms with E-state index < -0.39 is 0 Å². The van der Waals surface area contributed by atoms with Crippen LogP contribution in [0, 0.1) is 0 Å². The van der Waals surface area contributed by atoms with Gasteiger partial charge in [-0.3, -0.25) is 4.98 Å². The lowest BCUT2D eigenvalue weighted by molar-refractivity contribution is 0.739. The topological polar surface area (TPSA) is 38.9 Å². The SMILES string of the molecule is C=CCC(N)c1cnc2ccsc2c1. The molecule has 1 atom stereocenters. The molecule has 2 aromatic rings. The van der Waals surface area contributed by atoms with Crippen LogP contribution in [0.25, 0.3) is 10.2 Å². The van der Waals surface area contributed by atoms with E-state index in [1.54, 1.807) is 11.3 Å². The Hall–Kier alpha value is -1.19. The average molecular weight is 204 g/mol. The first-order valence-electron chi connectivity index (χ1n) is 4.51. The van der Waals surface area contributed by atoms with Gasteiger partial charge in [0, 0.05) is 12.2 Å². The number of aromatic nitrogens is 1. The zero-order valence-electron chi connectivity index (χ0n) is 7.81. The van der Waals surface area contributed by atoms with Crippen LogP contribution in [0.15, 0.2) is 36.4 Å².